The van der Waals surface area contributed by atoms with Gasteiger partial charge in [-0.2, -0.15) is 0 Å². The zero-order chi connectivity index (χ0) is 26.1. The molecule has 5 nitrogen and oxygen atoms in total. The summed E-state index contributed by atoms with van der Waals surface area (Å²) < 4.78 is 0. The Bertz CT molecular complexity index is 1450. The number of phenolic OH excluding ortho intramolecular Hbond substituents is 5. The molecule has 0 aromatic heterocycles. The van der Waals surface area contributed by atoms with E-state index in [-0.39, 0.29) is 35.2 Å². The molecule has 0 saturated carbocycles. The van der Waals surface area contributed by atoms with Gasteiger partial charge >= 0.3 is 0 Å². The van der Waals surface area contributed by atoms with Gasteiger partial charge in [0.1, 0.15) is 28.7 Å². The molecule has 4 aromatic carbocycles. The Morgan fingerprint density at radius 1 is 0.444 bits per heavy atom. The summed E-state index contributed by atoms with van der Waals surface area (Å²) in [6, 6.07) is 15.7. The molecule has 0 spiro atoms. The van der Waals surface area contributed by atoms with Gasteiger partial charge in [0.2, 0.25) is 0 Å². The highest BCUT2D eigenvalue weighted by Gasteiger charge is 2.17. The molecule has 5 heteroatoms. The fourth-order valence-electron chi connectivity index (χ4n) is 4.79. The third-order valence-electron chi connectivity index (χ3n) is 6.68. The van der Waals surface area contributed by atoms with E-state index in [0.29, 0.717) is 35.1 Å². The summed E-state index contributed by atoms with van der Waals surface area (Å²) >= 11 is 0. The van der Waals surface area contributed by atoms with Crippen LogP contribution < -0.4 is 0 Å². The Kier molecular flexibility index (Phi) is 6.84. The lowest BCUT2D eigenvalue weighted by Gasteiger charge is -2.16. The van der Waals surface area contributed by atoms with Crippen molar-refractivity contribution in [2.75, 3.05) is 0 Å². The third-order valence-corrected chi connectivity index (χ3v) is 6.68. The average molecular weight is 485 g/mol. The molecule has 36 heavy (non-hydrogen) atoms. The number of rotatable bonds is 6. The zero-order valence-electron chi connectivity index (χ0n) is 21.1. The van der Waals surface area contributed by atoms with Gasteiger partial charge in [-0.05, 0) is 90.9 Å². The fourth-order valence-corrected chi connectivity index (χ4v) is 4.79. The van der Waals surface area contributed by atoms with Crippen molar-refractivity contribution < 1.29 is 25.5 Å². The maximum Gasteiger partial charge on any atom is 0.122 e. The molecule has 5 N–H and O–H groups in total. The number of hydrogen-bond acceptors (Lipinski definition) is 5. The largest absolute Gasteiger partial charge is 0.508 e. The molecule has 0 heterocycles. The normalized spacial score (nSPS) is 11.1. The minimum atomic E-state index is 0.0476. The predicted molar refractivity (Wildman–Crippen MR) is 141 cm³/mol. The zero-order valence-corrected chi connectivity index (χ0v) is 21.1. The van der Waals surface area contributed by atoms with Crippen LogP contribution in [-0.2, 0) is 19.3 Å². The highest BCUT2D eigenvalue weighted by molar-refractivity contribution is 5.54. The Hall–Kier alpha value is -4.12. The lowest BCUT2D eigenvalue weighted by Crippen LogP contribution is -2.00. The first-order chi connectivity index (χ1) is 17.0. The van der Waals surface area contributed by atoms with Crippen LogP contribution in [0.15, 0.2) is 54.6 Å². The van der Waals surface area contributed by atoms with Crippen molar-refractivity contribution in [3.63, 3.8) is 0 Å². The van der Waals surface area contributed by atoms with Crippen LogP contribution in [0.25, 0.3) is 0 Å². The van der Waals surface area contributed by atoms with Crippen molar-refractivity contribution in [3.8, 4) is 28.7 Å². The molecule has 0 atom stereocenters. The molecule has 0 aliphatic carbocycles. The van der Waals surface area contributed by atoms with E-state index in [0.717, 1.165) is 33.4 Å². The Morgan fingerprint density at radius 3 is 1.44 bits per heavy atom. The van der Waals surface area contributed by atoms with Crippen LogP contribution in [0.1, 0.15) is 55.6 Å². The van der Waals surface area contributed by atoms with Crippen molar-refractivity contribution in [1.29, 1.82) is 0 Å². The first kappa shape index (κ1) is 25.0. The van der Waals surface area contributed by atoms with Crippen molar-refractivity contribution in [3.05, 3.63) is 110 Å². The highest BCUT2D eigenvalue weighted by atomic mass is 16.3. The highest BCUT2D eigenvalue weighted by Crippen LogP contribution is 2.35. The standard InChI is InChI=1S/C31H32O5/c1-17-7-23(13-21-11-20(4)29(34)12-19(21)3)30(35)25(9-17)15-26-10-18(2)8-24(31(26)36)14-22-16-27(32)5-6-28(22)33/h5-12,16,32-36H,13-15H2,1-4H3. The van der Waals surface area contributed by atoms with Gasteiger partial charge in [0.15, 0.2) is 0 Å². The van der Waals surface area contributed by atoms with E-state index in [9.17, 15) is 25.5 Å². The SMILES string of the molecule is Cc1cc(Cc2cc(C)c(O)cc2C)c(O)c(Cc2cc(C)cc(Cc3cc(O)ccc3O)c2O)c1. The molecule has 0 saturated heterocycles. The molecule has 0 fully saturated rings. The summed E-state index contributed by atoms with van der Waals surface area (Å²) in [7, 11) is 0. The van der Waals surface area contributed by atoms with Crippen molar-refractivity contribution in [2.24, 2.45) is 0 Å². The molecule has 0 bridgehead atoms. The third kappa shape index (κ3) is 5.25. The van der Waals surface area contributed by atoms with Crippen LogP contribution in [0.2, 0.25) is 0 Å². The van der Waals surface area contributed by atoms with Gasteiger partial charge in [-0.15, -0.1) is 0 Å². The van der Waals surface area contributed by atoms with Crippen LogP contribution in [0, 0.1) is 27.7 Å². The molecule has 186 valence electrons. The first-order valence-corrected chi connectivity index (χ1v) is 11.9. The van der Waals surface area contributed by atoms with Gasteiger partial charge in [-0.25, -0.2) is 0 Å². The average Bonchev–Trinajstić information content (AvgIpc) is 2.80. The van der Waals surface area contributed by atoms with E-state index >= 15 is 0 Å². The molecule has 0 amide bonds. The molecule has 0 radical (unpaired) electrons. The minimum absolute atomic E-state index is 0.0476. The molecule has 4 aromatic rings. The van der Waals surface area contributed by atoms with Crippen LogP contribution in [0.5, 0.6) is 28.7 Å². The van der Waals surface area contributed by atoms with E-state index < -0.39 is 0 Å². The van der Waals surface area contributed by atoms with Gasteiger partial charge in [0.05, 0.1) is 0 Å². The molecule has 0 aliphatic rings. The summed E-state index contributed by atoms with van der Waals surface area (Å²) in [4.78, 5) is 0. The Labute approximate surface area is 211 Å². The van der Waals surface area contributed by atoms with E-state index in [1.807, 2.05) is 58.0 Å². The van der Waals surface area contributed by atoms with Gasteiger partial charge in [-0.3, -0.25) is 0 Å². The number of aromatic hydroxyl groups is 5. The molecule has 0 aliphatic heterocycles. The summed E-state index contributed by atoms with van der Waals surface area (Å²) in [6.07, 6.45) is 1.11. The van der Waals surface area contributed by atoms with Crippen LogP contribution in [-0.4, -0.2) is 25.5 Å². The summed E-state index contributed by atoms with van der Waals surface area (Å²) in [6.45, 7) is 7.72. The second-order valence-electron chi connectivity index (χ2n) is 9.77. The predicted octanol–water partition coefficient (Wildman–Crippen LogP) is 6.22. The maximum atomic E-state index is 11.2. The molecule has 4 rings (SSSR count). The van der Waals surface area contributed by atoms with E-state index in [1.54, 1.807) is 6.07 Å². The molecular weight excluding hydrogens is 452 g/mol. The second kappa shape index (κ2) is 9.86. The van der Waals surface area contributed by atoms with Crippen molar-refractivity contribution in [2.45, 2.75) is 47.0 Å². The van der Waals surface area contributed by atoms with Gasteiger partial charge < -0.3 is 25.5 Å². The van der Waals surface area contributed by atoms with Crippen LogP contribution in [0.3, 0.4) is 0 Å². The molecule has 0 unspecified atom stereocenters. The first-order valence-electron chi connectivity index (χ1n) is 11.9. The van der Waals surface area contributed by atoms with Crippen LogP contribution in [0.4, 0.5) is 0 Å². The van der Waals surface area contributed by atoms with Gasteiger partial charge in [0.25, 0.3) is 0 Å². The smallest absolute Gasteiger partial charge is 0.122 e. The lowest BCUT2D eigenvalue weighted by atomic mass is 9.91. The number of phenols is 5. The number of hydrogen-bond donors (Lipinski definition) is 5. The van der Waals surface area contributed by atoms with E-state index in [1.165, 1.54) is 18.2 Å². The number of aryl methyl sites for hydroxylation is 4. The fraction of sp³-hybridized carbons (Fsp3) is 0.226. The summed E-state index contributed by atoms with van der Waals surface area (Å²) in [5, 5.41) is 52.3. The monoisotopic (exact) mass is 484 g/mol. The van der Waals surface area contributed by atoms with Crippen molar-refractivity contribution in [1.82, 2.24) is 0 Å². The van der Waals surface area contributed by atoms with E-state index in [4.69, 9.17) is 0 Å². The van der Waals surface area contributed by atoms with Gasteiger partial charge in [0, 0.05) is 24.8 Å². The van der Waals surface area contributed by atoms with Crippen LogP contribution >= 0.6 is 0 Å². The van der Waals surface area contributed by atoms with E-state index in [2.05, 4.69) is 0 Å². The topological polar surface area (TPSA) is 101 Å². The second-order valence-corrected chi connectivity index (χ2v) is 9.77. The summed E-state index contributed by atoms with van der Waals surface area (Å²) in [5.41, 5.74) is 8.05. The Balaban J connectivity index is 1.69. The molecular formula is C31H32O5. The summed E-state index contributed by atoms with van der Waals surface area (Å²) in [5.74, 6) is 0.659. The lowest BCUT2D eigenvalue weighted by molar-refractivity contribution is 0.450. The Morgan fingerprint density at radius 2 is 0.917 bits per heavy atom. The maximum absolute atomic E-state index is 11.2. The number of benzene rings is 4. The van der Waals surface area contributed by atoms with Gasteiger partial charge in [-0.1, -0.05) is 41.5 Å². The minimum Gasteiger partial charge on any atom is -0.508 e. The van der Waals surface area contributed by atoms with Crippen molar-refractivity contribution >= 4 is 0 Å². The quantitative estimate of drug-likeness (QED) is 0.209.